The number of nitrogen functional groups attached to an aromatic ring is 2. The van der Waals surface area contributed by atoms with E-state index in [2.05, 4.69) is 0 Å². The first kappa shape index (κ1) is 41.1. The van der Waals surface area contributed by atoms with E-state index in [1.54, 1.807) is 0 Å². The molecule has 8 rings (SSSR count). The van der Waals surface area contributed by atoms with Crippen molar-refractivity contribution >= 4 is 137 Å². The van der Waals surface area contributed by atoms with Crippen LogP contribution >= 0.6 is 0 Å². The molecule has 8 aromatic carbocycles. The van der Waals surface area contributed by atoms with Gasteiger partial charge in [0.2, 0.25) is 0 Å². The van der Waals surface area contributed by atoms with Crippen LogP contribution in [0.5, 0.6) is 0 Å². The summed E-state index contributed by atoms with van der Waals surface area (Å²) in [4.78, 5) is -4.35. The quantitative estimate of drug-likeness (QED) is 0.0667. The summed E-state index contributed by atoms with van der Waals surface area (Å²) in [6.07, 6.45) is 0. The van der Waals surface area contributed by atoms with Gasteiger partial charge in [-0.1, -0.05) is 48.5 Å². The van der Waals surface area contributed by atoms with Crippen LogP contribution in [0.1, 0.15) is 0 Å². The third kappa shape index (κ3) is 6.57. The van der Waals surface area contributed by atoms with Gasteiger partial charge in [0.05, 0.1) is 0 Å². The first-order valence-electron chi connectivity index (χ1n) is 15.3. The van der Waals surface area contributed by atoms with Crippen LogP contribution in [0.25, 0.3) is 64.6 Å². The van der Waals surface area contributed by atoms with Gasteiger partial charge in [-0.05, 0) is 24.3 Å². The maximum Gasteiger partial charge on any atom is 0.295 e. The highest BCUT2D eigenvalue weighted by Crippen LogP contribution is 2.45. The number of benzene rings is 8. The Bertz CT molecular complexity index is 3500. The molecule has 0 heterocycles. The summed E-state index contributed by atoms with van der Waals surface area (Å²) in [6, 6.07) is 13.3. The second-order valence-corrected chi connectivity index (χ2v) is 21.0. The van der Waals surface area contributed by atoms with Crippen LogP contribution in [0.2, 0.25) is 0 Å². The molecule has 8 aromatic rings. The molecular weight excluding hydrogens is 893 g/mol. The summed E-state index contributed by atoms with van der Waals surface area (Å²) in [7, 11) is -29.2. The summed E-state index contributed by atoms with van der Waals surface area (Å²) < 4.78 is 200. The maximum atomic E-state index is 11.9. The Hall–Kier alpha value is -5.10. The van der Waals surface area contributed by atoms with Gasteiger partial charge in [0.25, 0.3) is 60.7 Å². The van der Waals surface area contributed by atoms with Gasteiger partial charge in [-0.25, -0.2) is 0 Å². The monoisotopic (exact) mass is 914 g/mol. The van der Waals surface area contributed by atoms with Crippen LogP contribution in [0.4, 0.5) is 11.4 Å². The third-order valence-corrected chi connectivity index (χ3v) is 14.7. The van der Waals surface area contributed by atoms with Crippen LogP contribution in [0, 0.1) is 0 Å². The number of hydrogen-bond acceptors (Lipinski definition) is 14. The smallest absolute Gasteiger partial charge is 0.295 e. The predicted octanol–water partition coefficient (Wildman–Crippen LogP) is 3.81. The van der Waals surface area contributed by atoms with Gasteiger partial charge in [0, 0.05) is 76.0 Å². The first-order valence-corrected chi connectivity index (χ1v) is 24.0. The zero-order chi connectivity index (χ0) is 43.0. The van der Waals surface area contributed by atoms with E-state index in [0.717, 1.165) is 24.3 Å². The fraction of sp³-hybridized carbons (Fsp3) is 0. The second-order valence-electron chi connectivity index (χ2n) is 12.7. The second kappa shape index (κ2) is 12.7. The average molecular weight is 915 g/mol. The lowest BCUT2D eigenvalue weighted by Gasteiger charge is -2.17. The van der Waals surface area contributed by atoms with Gasteiger partial charge < -0.3 is 11.5 Å². The summed E-state index contributed by atoms with van der Waals surface area (Å²) in [6.45, 7) is 0. The van der Waals surface area contributed by atoms with Crippen molar-refractivity contribution < 1.29 is 77.8 Å². The molecule has 0 fully saturated rings. The normalized spacial score (nSPS) is 13.6. The molecule has 0 atom stereocenters. The minimum atomic E-state index is -4.93. The van der Waals surface area contributed by atoms with Crippen molar-refractivity contribution in [1.82, 2.24) is 0 Å². The molecule has 0 aromatic heterocycles. The zero-order valence-corrected chi connectivity index (χ0v) is 33.0. The minimum Gasteiger partial charge on any atom is -0.398 e. The Morgan fingerprint density at radius 2 is 0.431 bits per heavy atom. The Morgan fingerprint density at radius 3 is 0.621 bits per heavy atom. The van der Waals surface area contributed by atoms with Gasteiger partial charge in [-0.3, -0.25) is 27.3 Å². The molecule has 0 amide bonds. The molecule has 0 aliphatic heterocycles. The Balaban J connectivity index is 0.000000177. The molecule has 20 nitrogen and oxygen atoms in total. The summed E-state index contributed by atoms with van der Waals surface area (Å²) in [5.41, 5.74) is 11.6. The van der Waals surface area contributed by atoms with E-state index in [0.29, 0.717) is 12.1 Å². The zero-order valence-electron chi connectivity index (χ0n) is 28.1. The molecule has 0 unspecified atom stereocenters. The Labute approximate surface area is 326 Å². The van der Waals surface area contributed by atoms with Crippen LogP contribution in [0.3, 0.4) is 0 Å². The van der Waals surface area contributed by atoms with E-state index in [1.165, 1.54) is 36.4 Å². The van der Waals surface area contributed by atoms with Gasteiger partial charge >= 0.3 is 0 Å². The summed E-state index contributed by atoms with van der Waals surface area (Å²) in [5, 5.41) is -0.156. The maximum absolute atomic E-state index is 11.9. The molecule has 0 spiro atoms. The van der Waals surface area contributed by atoms with Crippen LogP contribution < -0.4 is 11.5 Å². The summed E-state index contributed by atoms with van der Waals surface area (Å²) in [5.74, 6) is 0. The molecule has 10 N–H and O–H groups in total. The highest BCUT2D eigenvalue weighted by Gasteiger charge is 2.29. The lowest BCUT2D eigenvalue weighted by atomic mass is 9.93. The minimum absolute atomic E-state index is 0.0445. The number of nitrogens with two attached hydrogens (primary N) is 2. The van der Waals surface area contributed by atoms with E-state index in [-0.39, 0.29) is 76.0 Å². The van der Waals surface area contributed by atoms with Crippen molar-refractivity contribution in [2.45, 2.75) is 29.4 Å². The standard InChI is InChI=1S/2C16H11NO9S3/c2*17-11-5-12(27(18,19)20)8-3-4-10-14(29(24,25)26)6-13(28(21,22)23)9-2-1-7(11)15(8)16(9)10/h2*1-6H,17H2,(H,18,19,20)(H,21,22,23)(H,24,25,26). The molecular formula is C32H22N2O18S6. The Kier molecular flexibility index (Phi) is 8.99. The largest absolute Gasteiger partial charge is 0.398 e. The fourth-order valence-electron chi connectivity index (χ4n) is 7.13. The number of hydrogen-bond donors (Lipinski definition) is 8. The van der Waals surface area contributed by atoms with Crippen molar-refractivity contribution in [3.8, 4) is 0 Å². The molecule has 0 saturated carbocycles. The molecule has 0 saturated heterocycles. The van der Waals surface area contributed by atoms with Gasteiger partial charge in [-0.2, -0.15) is 50.5 Å². The van der Waals surface area contributed by atoms with Gasteiger partial charge in [0.1, 0.15) is 29.4 Å². The highest BCUT2D eigenvalue weighted by atomic mass is 32.2. The summed E-state index contributed by atoms with van der Waals surface area (Å²) >= 11 is 0. The predicted molar refractivity (Wildman–Crippen MR) is 208 cm³/mol. The first-order chi connectivity index (χ1) is 26.4. The van der Waals surface area contributed by atoms with E-state index in [9.17, 15) is 77.8 Å². The van der Waals surface area contributed by atoms with Crippen LogP contribution in [0.15, 0.2) is 102 Å². The molecule has 0 aliphatic rings. The molecule has 26 heteroatoms. The van der Waals surface area contributed by atoms with Crippen molar-refractivity contribution in [3.05, 3.63) is 72.8 Å². The topological polar surface area (TPSA) is 378 Å². The SMILES string of the molecule is Nc1cc(S(=O)(=O)O)c2ccc3c(S(=O)(=O)O)cc(S(=O)(=O)O)c4ccc1c2c43.Nc1cc(S(=O)(=O)O)c2ccc3c(S(=O)(=O)O)cc(S(=O)(=O)O)c4ccc1c2c43. The Morgan fingerprint density at radius 1 is 0.276 bits per heavy atom. The molecule has 58 heavy (non-hydrogen) atoms. The molecule has 304 valence electrons. The molecule has 0 bridgehead atoms. The van der Waals surface area contributed by atoms with Crippen LogP contribution in [-0.4, -0.2) is 77.8 Å². The average Bonchev–Trinajstić information content (AvgIpc) is 3.07. The van der Waals surface area contributed by atoms with Gasteiger partial charge in [0.15, 0.2) is 0 Å². The number of anilines is 2. The lowest BCUT2D eigenvalue weighted by Crippen LogP contribution is -2.07. The van der Waals surface area contributed by atoms with Crippen molar-refractivity contribution in [2.24, 2.45) is 0 Å². The highest BCUT2D eigenvalue weighted by molar-refractivity contribution is 7.87. The van der Waals surface area contributed by atoms with E-state index < -0.39 is 90.1 Å². The van der Waals surface area contributed by atoms with E-state index in [1.807, 2.05) is 0 Å². The van der Waals surface area contributed by atoms with Crippen molar-refractivity contribution in [3.63, 3.8) is 0 Å². The number of rotatable bonds is 6. The molecule has 0 radical (unpaired) electrons. The lowest BCUT2D eigenvalue weighted by molar-refractivity contribution is 0.478. The third-order valence-electron chi connectivity index (χ3n) is 9.30. The fourth-order valence-corrected chi connectivity index (χ4v) is 11.6. The van der Waals surface area contributed by atoms with E-state index >= 15 is 0 Å². The van der Waals surface area contributed by atoms with Crippen molar-refractivity contribution in [1.29, 1.82) is 0 Å². The van der Waals surface area contributed by atoms with E-state index in [4.69, 9.17) is 11.5 Å². The van der Waals surface area contributed by atoms with Crippen LogP contribution in [-0.2, 0) is 60.7 Å². The van der Waals surface area contributed by atoms with Crippen molar-refractivity contribution in [2.75, 3.05) is 11.5 Å². The molecule has 0 aliphatic carbocycles. The van der Waals surface area contributed by atoms with Gasteiger partial charge in [-0.15, -0.1) is 0 Å².